The molecule has 2 aromatic carbocycles. The minimum Gasteiger partial charge on any atom is -0.0617 e. The van der Waals surface area contributed by atoms with Crippen LogP contribution in [0, 0.1) is 25.7 Å². The maximum Gasteiger partial charge on any atom is -0.0250 e. The molecule has 2 atom stereocenters. The van der Waals surface area contributed by atoms with Crippen LogP contribution < -0.4 is 0 Å². The molecule has 1 fully saturated rings. The molecule has 3 rings (SSSR count). The molecule has 0 nitrogen and oxygen atoms in total. The van der Waals surface area contributed by atoms with Gasteiger partial charge in [-0.25, -0.2) is 0 Å². The van der Waals surface area contributed by atoms with Crippen LogP contribution in [-0.4, -0.2) is 0 Å². The van der Waals surface area contributed by atoms with E-state index in [1.54, 1.807) is 0 Å². The van der Waals surface area contributed by atoms with Crippen LogP contribution >= 0.6 is 0 Å². The Morgan fingerprint density at radius 3 is 1.73 bits per heavy atom. The maximum absolute atomic E-state index is 2.37. The molecule has 0 saturated heterocycles. The first-order chi connectivity index (χ1) is 10.7. The molecule has 0 spiro atoms. The molecular formula is C22H28. The minimum absolute atomic E-state index is 0.880. The van der Waals surface area contributed by atoms with Crippen LogP contribution in [-0.2, 0) is 12.8 Å². The zero-order valence-electron chi connectivity index (χ0n) is 14.0. The highest BCUT2D eigenvalue weighted by Crippen LogP contribution is 2.33. The SMILES string of the molecule is Cc1cccc(C[C@@H]2CCC[C@@H](Cc3cccc(C)c3)C2)c1. The molecule has 0 radical (unpaired) electrons. The quantitative estimate of drug-likeness (QED) is 0.658. The molecule has 1 saturated carbocycles. The number of hydrogen-bond donors (Lipinski definition) is 0. The summed E-state index contributed by atoms with van der Waals surface area (Å²) in [4.78, 5) is 0. The van der Waals surface area contributed by atoms with E-state index in [1.807, 2.05) is 0 Å². The Labute approximate surface area is 135 Å². The van der Waals surface area contributed by atoms with Crippen molar-refractivity contribution in [3.63, 3.8) is 0 Å². The number of aryl methyl sites for hydroxylation is 2. The largest absolute Gasteiger partial charge is 0.0617 e. The van der Waals surface area contributed by atoms with Crippen molar-refractivity contribution in [1.82, 2.24) is 0 Å². The maximum atomic E-state index is 2.37. The average molecular weight is 292 g/mol. The Morgan fingerprint density at radius 2 is 1.27 bits per heavy atom. The molecule has 0 aromatic heterocycles. The fraction of sp³-hybridized carbons (Fsp3) is 0.455. The molecule has 0 amide bonds. The normalized spacial score (nSPS) is 21.7. The Balaban J connectivity index is 1.59. The third kappa shape index (κ3) is 4.22. The molecule has 22 heavy (non-hydrogen) atoms. The topological polar surface area (TPSA) is 0 Å². The molecule has 1 aliphatic carbocycles. The van der Waals surface area contributed by atoms with Gasteiger partial charge in [0.05, 0.1) is 0 Å². The Morgan fingerprint density at radius 1 is 0.773 bits per heavy atom. The Kier molecular flexibility index (Phi) is 4.97. The van der Waals surface area contributed by atoms with Gasteiger partial charge in [0.1, 0.15) is 0 Å². The molecular weight excluding hydrogens is 264 g/mol. The van der Waals surface area contributed by atoms with Crippen molar-refractivity contribution >= 4 is 0 Å². The highest BCUT2D eigenvalue weighted by atomic mass is 14.3. The van der Waals surface area contributed by atoms with E-state index in [-0.39, 0.29) is 0 Å². The summed E-state index contributed by atoms with van der Waals surface area (Å²) in [5.74, 6) is 1.76. The summed E-state index contributed by atoms with van der Waals surface area (Å²) in [7, 11) is 0. The van der Waals surface area contributed by atoms with Gasteiger partial charge in [0.15, 0.2) is 0 Å². The van der Waals surface area contributed by atoms with Gasteiger partial charge in [0, 0.05) is 0 Å². The smallest absolute Gasteiger partial charge is 0.0250 e. The average Bonchev–Trinajstić information content (AvgIpc) is 2.47. The highest BCUT2D eigenvalue weighted by molar-refractivity contribution is 5.24. The number of rotatable bonds is 4. The molecule has 116 valence electrons. The summed E-state index contributed by atoms with van der Waals surface area (Å²) in [6, 6.07) is 18.1. The first-order valence-corrected chi connectivity index (χ1v) is 8.80. The molecule has 0 aliphatic heterocycles. The van der Waals surface area contributed by atoms with Gasteiger partial charge in [-0.2, -0.15) is 0 Å². The van der Waals surface area contributed by atoms with Crippen molar-refractivity contribution in [2.75, 3.05) is 0 Å². The lowest BCUT2D eigenvalue weighted by Crippen LogP contribution is -2.19. The second kappa shape index (κ2) is 7.13. The molecule has 0 N–H and O–H groups in total. The van der Waals surface area contributed by atoms with E-state index in [9.17, 15) is 0 Å². The van der Waals surface area contributed by atoms with Crippen molar-refractivity contribution in [2.24, 2.45) is 11.8 Å². The molecule has 0 bridgehead atoms. The van der Waals surface area contributed by atoms with Crippen molar-refractivity contribution in [1.29, 1.82) is 0 Å². The first-order valence-electron chi connectivity index (χ1n) is 8.80. The van der Waals surface area contributed by atoms with Crippen molar-refractivity contribution in [2.45, 2.75) is 52.4 Å². The van der Waals surface area contributed by atoms with Gasteiger partial charge in [-0.1, -0.05) is 78.9 Å². The van der Waals surface area contributed by atoms with Gasteiger partial charge in [-0.15, -0.1) is 0 Å². The van der Waals surface area contributed by atoms with Crippen LogP contribution in [0.4, 0.5) is 0 Å². The highest BCUT2D eigenvalue weighted by Gasteiger charge is 2.22. The summed E-state index contributed by atoms with van der Waals surface area (Å²) in [5.41, 5.74) is 5.84. The molecule has 0 unspecified atom stereocenters. The van der Waals surface area contributed by atoms with E-state index in [2.05, 4.69) is 62.4 Å². The monoisotopic (exact) mass is 292 g/mol. The summed E-state index contributed by atoms with van der Waals surface area (Å²) in [6.07, 6.45) is 8.18. The van der Waals surface area contributed by atoms with Gasteiger partial charge in [0.2, 0.25) is 0 Å². The lowest BCUT2D eigenvalue weighted by Gasteiger charge is -2.29. The van der Waals surface area contributed by atoms with Crippen molar-refractivity contribution in [3.05, 3.63) is 70.8 Å². The third-order valence-electron chi connectivity index (χ3n) is 5.11. The van der Waals surface area contributed by atoms with Crippen LogP contribution in [0.3, 0.4) is 0 Å². The number of benzene rings is 2. The Bertz CT molecular complexity index is 557. The zero-order valence-corrected chi connectivity index (χ0v) is 14.0. The van der Waals surface area contributed by atoms with Gasteiger partial charge >= 0.3 is 0 Å². The van der Waals surface area contributed by atoms with Crippen LogP contribution in [0.15, 0.2) is 48.5 Å². The summed E-state index contributed by atoms with van der Waals surface area (Å²) < 4.78 is 0. The van der Waals surface area contributed by atoms with E-state index >= 15 is 0 Å². The predicted octanol–water partition coefficient (Wildman–Crippen LogP) is 5.90. The Hall–Kier alpha value is -1.56. The zero-order chi connectivity index (χ0) is 15.4. The van der Waals surface area contributed by atoms with Crippen LogP contribution in [0.25, 0.3) is 0 Å². The van der Waals surface area contributed by atoms with Gasteiger partial charge in [0.25, 0.3) is 0 Å². The van der Waals surface area contributed by atoms with Gasteiger partial charge < -0.3 is 0 Å². The minimum atomic E-state index is 0.880. The summed E-state index contributed by atoms with van der Waals surface area (Å²) in [5, 5.41) is 0. The molecule has 0 heteroatoms. The summed E-state index contributed by atoms with van der Waals surface area (Å²) >= 11 is 0. The molecule has 0 heterocycles. The standard InChI is InChI=1S/C22H28/c1-17-6-3-8-19(12-17)14-21-10-5-11-22(16-21)15-20-9-4-7-18(2)13-20/h3-4,6-9,12-13,21-22H,5,10-11,14-16H2,1-2H3/t21-,22-/m0/s1. The van der Waals surface area contributed by atoms with E-state index < -0.39 is 0 Å². The number of hydrogen-bond acceptors (Lipinski definition) is 0. The lowest BCUT2D eigenvalue weighted by molar-refractivity contribution is 0.264. The fourth-order valence-corrected chi connectivity index (χ4v) is 4.12. The molecule has 1 aliphatic rings. The second-order valence-electron chi connectivity index (χ2n) is 7.29. The van der Waals surface area contributed by atoms with Crippen molar-refractivity contribution in [3.8, 4) is 0 Å². The van der Waals surface area contributed by atoms with E-state index in [0.717, 1.165) is 11.8 Å². The second-order valence-corrected chi connectivity index (χ2v) is 7.29. The van der Waals surface area contributed by atoms with E-state index in [1.165, 1.54) is 60.8 Å². The van der Waals surface area contributed by atoms with E-state index in [4.69, 9.17) is 0 Å². The van der Waals surface area contributed by atoms with Crippen LogP contribution in [0.1, 0.15) is 47.9 Å². The van der Waals surface area contributed by atoms with Crippen LogP contribution in [0.2, 0.25) is 0 Å². The lowest BCUT2D eigenvalue weighted by atomic mass is 9.76. The first kappa shape index (κ1) is 15.3. The van der Waals surface area contributed by atoms with Gasteiger partial charge in [-0.3, -0.25) is 0 Å². The van der Waals surface area contributed by atoms with Gasteiger partial charge in [-0.05, 0) is 56.1 Å². The summed E-state index contributed by atoms with van der Waals surface area (Å²) in [6.45, 7) is 4.40. The van der Waals surface area contributed by atoms with E-state index in [0.29, 0.717) is 0 Å². The molecule has 2 aromatic rings. The predicted molar refractivity (Wildman–Crippen MR) is 95.2 cm³/mol. The third-order valence-corrected chi connectivity index (χ3v) is 5.11. The fourth-order valence-electron chi connectivity index (χ4n) is 4.12. The van der Waals surface area contributed by atoms with Crippen molar-refractivity contribution < 1.29 is 0 Å². The van der Waals surface area contributed by atoms with Crippen LogP contribution in [0.5, 0.6) is 0 Å².